The molecule has 0 aliphatic heterocycles. The molecule has 0 saturated carbocycles. The largest absolute Gasteiger partial charge is 0.345 e. The number of likely N-dealkylation sites (N-methyl/N-ethyl adjacent to an activating group) is 1. The van der Waals surface area contributed by atoms with E-state index in [4.69, 9.17) is 0 Å². The SMILES string of the molecule is CCCCCCCNCC(=O)N(C)CC. The predicted molar refractivity (Wildman–Crippen MR) is 64.9 cm³/mol. The molecule has 0 unspecified atom stereocenters. The van der Waals surface area contributed by atoms with Crippen LogP contribution in [0.15, 0.2) is 0 Å². The fourth-order valence-electron chi connectivity index (χ4n) is 1.36. The molecule has 0 aromatic heterocycles. The van der Waals surface area contributed by atoms with E-state index >= 15 is 0 Å². The number of carbonyl (C=O) groups excluding carboxylic acids is 1. The van der Waals surface area contributed by atoms with Gasteiger partial charge in [-0.1, -0.05) is 32.6 Å². The second-order valence-electron chi connectivity index (χ2n) is 4.00. The summed E-state index contributed by atoms with van der Waals surface area (Å²) < 4.78 is 0. The molecule has 0 radical (unpaired) electrons. The maximum atomic E-state index is 11.4. The predicted octanol–water partition coefficient (Wildman–Crippen LogP) is 2.02. The molecule has 1 N–H and O–H groups in total. The number of carbonyl (C=O) groups is 1. The van der Waals surface area contributed by atoms with Gasteiger partial charge in [0.2, 0.25) is 5.91 Å². The van der Waals surface area contributed by atoms with E-state index < -0.39 is 0 Å². The van der Waals surface area contributed by atoms with Crippen LogP contribution in [0.4, 0.5) is 0 Å². The van der Waals surface area contributed by atoms with E-state index in [0.717, 1.165) is 13.1 Å². The second kappa shape index (κ2) is 9.97. The van der Waals surface area contributed by atoms with Gasteiger partial charge in [-0.25, -0.2) is 0 Å². The van der Waals surface area contributed by atoms with Gasteiger partial charge in [0.05, 0.1) is 6.54 Å². The van der Waals surface area contributed by atoms with Gasteiger partial charge in [0.15, 0.2) is 0 Å². The molecule has 0 aliphatic rings. The van der Waals surface area contributed by atoms with Crippen LogP contribution in [-0.2, 0) is 4.79 Å². The first-order chi connectivity index (χ1) is 7.22. The highest BCUT2D eigenvalue weighted by molar-refractivity contribution is 5.77. The summed E-state index contributed by atoms with van der Waals surface area (Å²) in [5, 5.41) is 3.19. The first kappa shape index (κ1) is 14.4. The highest BCUT2D eigenvalue weighted by Gasteiger charge is 2.04. The van der Waals surface area contributed by atoms with Crippen LogP contribution < -0.4 is 5.32 Å². The van der Waals surface area contributed by atoms with Crippen LogP contribution in [0.25, 0.3) is 0 Å². The number of amides is 1. The molecular weight excluding hydrogens is 188 g/mol. The summed E-state index contributed by atoms with van der Waals surface area (Å²) in [7, 11) is 1.84. The van der Waals surface area contributed by atoms with E-state index in [1.807, 2.05) is 14.0 Å². The molecule has 0 aliphatic carbocycles. The zero-order valence-electron chi connectivity index (χ0n) is 10.5. The minimum atomic E-state index is 0.186. The minimum absolute atomic E-state index is 0.186. The average molecular weight is 214 g/mol. The lowest BCUT2D eigenvalue weighted by molar-refractivity contribution is -0.128. The van der Waals surface area contributed by atoms with Gasteiger partial charge in [0, 0.05) is 13.6 Å². The van der Waals surface area contributed by atoms with Gasteiger partial charge in [-0.3, -0.25) is 4.79 Å². The van der Waals surface area contributed by atoms with Gasteiger partial charge in [-0.2, -0.15) is 0 Å². The Kier molecular flexibility index (Phi) is 9.59. The van der Waals surface area contributed by atoms with Crippen molar-refractivity contribution in [2.24, 2.45) is 0 Å². The van der Waals surface area contributed by atoms with E-state index in [1.54, 1.807) is 4.90 Å². The maximum Gasteiger partial charge on any atom is 0.236 e. The second-order valence-corrected chi connectivity index (χ2v) is 4.00. The number of hydrogen-bond donors (Lipinski definition) is 1. The van der Waals surface area contributed by atoms with Crippen molar-refractivity contribution < 1.29 is 4.79 Å². The summed E-state index contributed by atoms with van der Waals surface area (Å²) in [6, 6.07) is 0. The van der Waals surface area contributed by atoms with Crippen molar-refractivity contribution in [1.82, 2.24) is 10.2 Å². The third-order valence-corrected chi connectivity index (χ3v) is 2.63. The monoisotopic (exact) mass is 214 g/mol. The van der Waals surface area contributed by atoms with Crippen molar-refractivity contribution in [2.45, 2.75) is 46.0 Å². The van der Waals surface area contributed by atoms with Crippen molar-refractivity contribution in [3.05, 3.63) is 0 Å². The Morgan fingerprint density at radius 2 is 1.80 bits per heavy atom. The van der Waals surface area contributed by atoms with Gasteiger partial charge in [-0.15, -0.1) is 0 Å². The summed E-state index contributed by atoms with van der Waals surface area (Å²) in [4.78, 5) is 13.1. The summed E-state index contributed by atoms with van der Waals surface area (Å²) in [5.41, 5.74) is 0. The Bertz CT molecular complexity index is 160. The average Bonchev–Trinajstić information content (AvgIpc) is 2.26. The topological polar surface area (TPSA) is 32.3 Å². The van der Waals surface area contributed by atoms with Crippen LogP contribution in [0.2, 0.25) is 0 Å². The molecule has 0 bridgehead atoms. The van der Waals surface area contributed by atoms with Crippen LogP contribution in [0.5, 0.6) is 0 Å². The summed E-state index contributed by atoms with van der Waals surface area (Å²) in [5.74, 6) is 0.186. The standard InChI is InChI=1S/C12H26N2O/c1-4-6-7-8-9-10-13-11-12(15)14(3)5-2/h13H,4-11H2,1-3H3. The Hall–Kier alpha value is -0.570. The summed E-state index contributed by atoms with van der Waals surface area (Å²) in [6.07, 6.45) is 6.40. The Labute approximate surface area is 94.2 Å². The maximum absolute atomic E-state index is 11.4. The number of nitrogens with zero attached hydrogens (tertiary/aromatic N) is 1. The minimum Gasteiger partial charge on any atom is -0.345 e. The number of hydrogen-bond acceptors (Lipinski definition) is 2. The number of rotatable bonds is 9. The number of unbranched alkanes of at least 4 members (excludes halogenated alkanes) is 4. The molecule has 1 amide bonds. The van der Waals surface area contributed by atoms with Gasteiger partial charge in [0.1, 0.15) is 0 Å². The Morgan fingerprint density at radius 1 is 1.13 bits per heavy atom. The first-order valence-electron chi connectivity index (χ1n) is 6.17. The van der Waals surface area contributed by atoms with Gasteiger partial charge < -0.3 is 10.2 Å². The molecule has 0 aromatic rings. The summed E-state index contributed by atoms with van der Waals surface area (Å²) in [6.45, 7) is 6.45. The van der Waals surface area contributed by atoms with Crippen LogP contribution in [-0.4, -0.2) is 37.5 Å². The zero-order chi connectivity index (χ0) is 11.5. The van der Waals surface area contributed by atoms with Crippen molar-refractivity contribution in [3.63, 3.8) is 0 Å². The number of nitrogens with one attached hydrogen (secondary N) is 1. The van der Waals surface area contributed by atoms with E-state index in [9.17, 15) is 4.79 Å². The Morgan fingerprint density at radius 3 is 2.40 bits per heavy atom. The van der Waals surface area contributed by atoms with Crippen molar-refractivity contribution in [3.8, 4) is 0 Å². The van der Waals surface area contributed by atoms with E-state index in [2.05, 4.69) is 12.2 Å². The van der Waals surface area contributed by atoms with Crippen molar-refractivity contribution in [1.29, 1.82) is 0 Å². The fraction of sp³-hybridized carbons (Fsp3) is 0.917. The molecule has 0 heterocycles. The van der Waals surface area contributed by atoms with Crippen LogP contribution >= 0.6 is 0 Å². The van der Waals surface area contributed by atoms with Gasteiger partial charge in [-0.05, 0) is 19.9 Å². The van der Waals surface area contributed by atoms with E-state index in [-0.39, 0.29) is 5.91 Å². The lowest BCUT2D eigenvalue weighted by Gasteiger charge is -2.14. The molecule has 0 atom stereocenters. The molecule has 90 valence electrons. The smallest absolute Gasteiger partial charge is 0.236 e. The molecule has 0 aromatic carbocycles. The molecule has 0 saturated heterocycles. The third-order valence-electron chi connectivity index (χ3n) is 2.63. The first-order valence-corrected chi connectivity index (χ1v) is 6.17. The lowest BCUT2D eigenvalue weighted by atomic mass is 10.1. The molecule has 3 nitrogen and oxygen atoms in total. The summed E-state index contributed by atoms with van der Waals surface area (Å²) >= 11 is 0. The molecule has 0 rings (SSSR count). The van der Waals surface area contributed by atoms with Crippen LogP contribution in [0, 0.1) is 0 Å². The van der Waals surface area contributed by atoms with Crippen molar-refractivity contribution in [2.75, 3.05) is 26.7 Å². The highest BCUT2D eigenvalue weighted by atomic mass is 16.2. The molecule has 0 fully saturated rings. The highest BCUT2D eigenvalue weighted by Crippen LogP contribution is 2.00. The fourth-order valence-corrected chi connectivity index (χ4v) is 1.36. The van der Waals surface area contributed by atoms with Crippen LogP contribution in [0.3, 0.4) is 0 Å². The molecule has 3 heteroatoms. The van der Waals surface area contributed by atoms with Crippen LogP contribution in [0.1, 0.15) is 46.0 Å². The van der Waals surface area contributed by atoms with Gasteiger partial charge >= 0.3 is 0 Å². The molecular formula is C12H26N2O. The molecule has 0 spiro atoms. The molecule has 15 heavy (non-hydrogen) atoms. The van der Waals surface area contributed by atoms with E-state index in [1.165, 1.54) is 32.1 Å². The zero-order valence-corrected chi connectivity index (χ0v) is 10.5. The van der Waals surface area contributed by atoms with E-state index in [0.29, 0.717) is 6.54 Å². The van der Waals surface area contributed by atoms with Crippen molar-refractivity contribution >= 4 is 5.91 Å². The quantitative estimate of drug-likeness (QED) is 0.596. The normalized spacial score (nSPS) is 10.3. The lowest BCUT2D eigenvalue weighted by Crippen LogP contribution is -2.35. The van der Waals surface area contributed by atoms with Gasteiger partial charge in [0.25, 0.3) is 0 Å². The Balaban J connectivity index is 3.20. The third kappa shape index (κ3) is 8.43.